The van der Waals surface area contributed by atoms with E-state index in [9.17, 15) is 9.18 Å². The van der Waals surface area contributed by atoms with Crippen molar-refractivity contribution < 1.29 is 9.18 Å². The van der Waals surface area contributed by atoms with Crippen LogP contribution in [0.1, 0.15) is 23.6 Å². The van der Waals surface area contributed by atoms with E-state index in [0.29, 0.717) is 6.42 Å². The Morgan fingerprint density at radius 1 is 1.20 bits per heavy atom. The molecular formula is C19H22ClFN2OS. The summed E-state index contributed by atoms with van der Waals surface area (Å²) in [5.74, 6) is 1.72. The summed E-state index contributed by atoms with van der Waals surface area (Å²) in [6.07, 6.45) is 0.436. The third-order valence-corrected chi connectivity index (χ3v) is 5.18. The molecule has 1 aliphatic heterocycles. The molecule has 0 bridgehead atoms. The monoisotopic (exact) mass is 380 g/mol. The van der Waals surface area contributed by atoms with Crippen molar-refractivity contribution >= 4 is 30.1 Å². The molecule has 3 nitrogen and oxygen atoms in total. The van der Waals surface area contributed by atoms with Crippen molar-refractivity contribution in [2.75, 3.05) is 18.1 Å². The van der Waals surface area contributed by atoms with E-state index in [0.717, 1.165) is 29.2 Å². The van der Waals surface area contributed by atoms with Gasteiger partial charge in [-0.3, -0.25) is 4.79 Å². The van der Waals surface area contributed by atoms with Crippen LogP contribution in [0.5, 0.6) is 0 Å². The highest BCUT2D eigenvalue weighted by molar-refractivity contribution is 7.99. The Balaban J connectivity index is 0.00000225. The molecule has 0 aromatic heterocycles. The number of carbonyl (C=O) groups is 1. The summed E-state index contributed by atoms with van der Waals surface area (Å²) in [5, 5.41) is 6.44. The first kappa shape index (κ1) is 19.8. The topological polar surface area (TPSA) is 41.1 Å². The largest absolute Gasteiger partial charge is 0.345 e. The van der Waals surface area contributed by atoms with E-state index in [2.05, 4.69) is 10.6 Å². The summed E-state index contributed by atoms with van der Waals surface area (Å²) >= 11 is 1.87. The predicted octanol–water partition coefficient (Wildman–Crippen LogP) is 3.55. The molecule has 0 saturated carbocycles. The normalized spacial score (nSPS) is 18.0. The Bertz CT molecular complexity index is 680. The quantitative estimate of drug-likeness (QED) is 0.833. The number of thioether (sulfide) groups is 1. The first-order chi connectivity index (χ1) is 11.7. The van der Waals surface area contributed by atoms with Crippen molar-refractivity contribution in [1.29, 1.82) is 0 Å². The summed E-state index contributed by atoms with van der Waals surface area (Å²) < 4.78 is 13.6. The van der Waals surface area contributed by atoms with Crippen molar-refractivity contribution in [1.82, 2.24) is 10.6 Å². The third-order valence-electron chi connectivity index (χ3n) is 4.05. The number of carbonyl (C=O) groups excluding carboxylic acids is 1. The van der Waals surface area contributed by atoms with E-state index in [1.807, 2.05) is 48.2 Å². The molecular weight excluding hydrogens is 359 g/mol. The fourth-order valence-electron chi connectivity index (χ4n) is 2.89. The van der Waals surface area contributed by atoms with Crippen molar-refractivity contribution in [3.05, 3.63) is 71.5 Å². The second-order valence-electron chi connectivity index (χ2n) is 5.90. The Morgan fingerprint density at radius 3 is 2.64 bits per heavy atom. The maximum Gasteiger partial charge on any atom is 0.222 e. The SMILES string of the molecule is Cl.O=C(CC1CSCCN1)NC(c1ccccc1)c1cccc(F)c1. The van der Waals surface area contributed by atoms with Gasteiger partial charge in [0, 0.05) is 30.5 Å². The van der Waals surface area contributed by atoms with Gasteiger partial charge in [-0.25, -0.2) is 4.39 Å². The molecule has 1 fully saturated rings. The molecule has 1 aliphatic rings. The van der Waals surface area contributed by atoms with Crippen LogP contribution in [0.25, 0.3) is 0 Å². The van der Waals surface area contributed by atoms with Gasteiger partial charge in [0.2, 0.25) is 5.91 Å². The Hall–Kier alpha value is -1.56. The van der Waals surface area contributed by atoms with Crippen molar-refractivity contribution in [3.63, 3.8) is 0 Å². The fraction of sp³-hybridized carbons (Fsp3) is 0.316. The van der Waals surface area contributed by atoms with E-state index >= 15 is 0 Å². The van der Waals surface area contributed by atoms with Gasteiger partial charge in [-0.05, 0) is 23.3 Å². The van der Waals surface area contributed by atoms with E-state index < -0.39 is 0 Å². The fourth-order valence-corrected chi connectivity index (χ4v) is 3.83. The van der Waals surface area contributed by atoms with Gasteiger partial charge in [0.25, 0.3) is 0 Å². The highest BCUT2D eigenvalue weighted by atomic mass is 35.5. The van der Waals surface area contributed by atoms with Crippen LogP contribution in [0.3, 0.4) is 0 Å². The Labute approximate surface area is 158 Å². The van der Waals surface area contributed by atoms with Crippen molar-refractivity contribution in [2.45, 2.75) is 18.5 Å². The minimum absolute atomic E-state index is 0. The molecule has 0 spiro atoms. The molecule has 134 valence electrons. The van der Waals surface area contributed by atoms with Crippen LogP contribution < -0.4 is 10.6 Å². The van der Waals surface area contributed by atoms with E-state index in [1.54, 1.807) is 6.07 Å². The lowest BCUT2D eigenvalue weighted by Crippen LogP contribution is -2.42. The molecule has 0 aliphatic carbocycles. The zero-order chi connectivity index (χ0) is 16.8. The average Bonchev–Trinajstić information content (AvgIpc) is 2.61. The third kappa shape index (κ3) is 5.73. The zero-order valence-electron chi connectivity index (χ0n) is 13.8. The molecule has 1 heterocycles. The summed E-state index contributed by atoms with van der Waals surface area (Å²) in [6, 6.07) is 15.9. The average molecular weight is 381 g/mol. The van der Waals surface area contributed by atoms with Crippen molar-refractivity contribution in [3.8, 4) is 0 Å². The number of halogens is 2. The van der Waals surface area contributed by atoms with Gasteiger partial charge < -0.3 is 10.6 Å². The van der Waals surface area contributed by atoms with Gasteiger partial charge in [-0.1, -0.05) is 42.5 Å². The molecule has 1 saturated heterocycles. The first-order valence-electron chi connectivity index (χ1n) is 8.13. The summed E-state index contributed by atoms with van der Waals surface area (Å²) in [6.45, 7) is 0.939. The minimum atomic E-state index is -0.342. The molecule has 2 aromatic rings. The predicted molar refractivity (Wildman–Crippen MR) is 104 cm³/mol. The number of hydrogen-bond acceptors (Lipinski definition) is 3. The standard InChI is InChI=1S/C19H21FN2OS.ClH/c20-16-8-4-7-15(11-16)19(14-5-2-1-3-6-14)22-18(23)12-17-13-24-10-9-21-17;/h1-8,11,17,19,21H,9-10,12-13H2,(H,22,23);1H. The number of nitrogens with one attached hydrogen (secondary N) is 2. The van der Waals surface area contributed by atoms with Crippen LogP contribution in [0.2, 0.25) is 0 Å². The van der Waals surface area contributed by atoms with Crippen LogP contribution in [-0.2, 0) is 4.79 Å². The second-order valence-corrected chi connectivity index (χ2v) is 7.05. The second kappa shape index (κ2) is 9.80. The molecule has 2 atom stereocenters. The van der Waals surface area contributed by atoms with Gasteiger partial charge >= 0.3 is 0 Å². The van der Waals surface area contributed by atoms with Crippen LogP contribution >= 0.6 is 24.2 Å². The van der Waals surface area contributed by atoms with Crippen LogP contribution in [0.4, 0.5) is 4.39 Å². The molecule has 25 heavy (non-hydrogen) atoms. The number of rotatable bonds is 5. The van der Waals surface area contributed by atoms with Crippen LogP contribution in [0.15, 0.2) is 54.6 Å². The molecule has 2 unspecified atom stereocenters. The summed E-state index contributed by atoms with van der Waals surface area (Å²) in [4.78, 5) is 12.5. The number of amides is 1. The lowest BCUT2D eigenvalue weighted by molar-refractivity contribution is -0.122. The summed E-state index contributed by atoms with van der Waals surface area (Å²) in [5.41, 5.74) is 1.70. The molecule has 0 radical (unpaired) electrons. The van der Waals surface area contributed by atoms with E-state index in [1.165, 1.54) is 12.1 Å². The molecule has 3 rings (SSSR count). The summed E-state index contributed by atoms with van der Waals surface area (Å²) in [7, 11) is 0. The van der Waals surface area contributed by atoms with E-state index in [-0.39, 0.29) is 36.2 Å². The minimum Gasteiger partial charge on any atom is -0.345 e. The maximum absolute atomic E-state index is 13.6. The molecule has 2 N–H and O–H groups in total. The molecule has 6 heteroatoms. The van der Waals surface area contributed by atoms with Gasteiger partial charge in [0.05, 0.1) is 6.04 Å². The zero-order valence-corrected chi connectivity index (χ0v) is 15.4. The number of benzene rings is 2. The highest BCUT2D eigenvalue weighted by Gasteiger charge is 2.21. The first-order valence-corrected chi connectivity index (χ1v) is 9.29. The lowest BCUT2D eigenvalue weighted by Gasteiger charge is -2.25. The highest BCUT2D eigenvalue weighted by Crippen LogP contribution is 2.23. The van der Waals surface area contributed by atoms with Gasteiger partial charge in [-0.15, -0.1) is 12.4 Å². The van der Waals surface area contributed by atoms with Crippen LogP contribution in [-0.4, -0.2) is 30.0 Å². The Morgan fingerprint density at radius 2 is 1.96 bits per heavy atom. The Kier molecular flexibility index (Phi) is 7.75. The van der Waals surface area contributed by atoms with Gasteiger partial charge in [-0.2, -0.15) is 11.8 Å². The smallest absolute Gasteiger partial charge is 0.222 e. The van der Waals surface area contributed by atoms with E-state index in [4.69, 9.17) is 0 Å². The number of hydrogen-bond donors (Lipinski definition) is 2. The lowest BCUT2D eigenvalue weighted by atomic mass is 9.98. The van der Waals surface area contributed by atoms with Gasteiger partial charge in [0.1, 0.15) is 5.82 Å². The molecule has 2 aromatic carbocycles. The van der Waals surface area contributed by atoms with Gasteiger partial charge in [0.15, 0.2) is 0 Å². The molecule has 1 amide bonds. The maximum atomic E-state index is 13.6. The van der Waals surface area contributed by atoms with Crippen molar-refractivity contribution in [2.24, 2.45) is 0 Å². The van der Waals surface area contributed by atoms with Crippen LogP contribution in [0, 0.1) is 5.82 Å².